The molecular weight excluding hydrogens is 186 g/mol. The van der Waals surface area contributed by atoms with Gasteiger partial charge in [-0.2, -0.15) is 0 Å². The SMILES string of the molecule is CCCCC(CC)CC(N)C(CC)OC. The van der Waals surface area contributed by atoms with E-state index < -0.39 is 0 Å². The first-order valence-corrected chi connectivity index (χ1v) is 6.47. The zero-order valence-corrected chi connectivity index (χ0v) is 11.0. The van der Waals surface area contributed by atoms with Crippen molar-refractivity contribution in [3.8, 4) is 0 Å². The van der Waals surface area contributed by atoms with Gasteiger partial charge in [-0.3, -0.25) is 0 Å². The van der Waals surface area contributed by atoms with Crippen molar-refractivity contribution >= 4 is 0 Å². The predicted octanol–water partition coefficient (Wildman–Crippen LogP) is 3.35. The van der Waals surface area contributed by atoms with Gasteiger partial charge in [-0.1, -0.05) is 46.5 Å². The quantitative estimate of drug-likeness (QED) is 0.640. The average Bonchev–Trinajstić information content (AvgIpc) is 2.25. The van der Waals surface area contributed by atoms with Crippen LogP contribution in [-0.4, -0.2) is 19.3 Å². The lowest BCUT2D eigenvalue weighted by atomic mass is 9.90. The number of nitrogens with two attached hydrogens (primary N) is 1. The summed E-state index contributed by atoms with van der Waals surface area (Å²) in [5.41, 5.74) is 6.16. The van der Waals surface area contributed by atoms with Crippen molar-refractivity contribution in [2.75, 3.05) is 7.11 Å². The minimum absolute atomic E-state index is 0.210. The van der Waals surface area contributed by atoms with Crippen LogP contribution in [0, 0.1) is 5.92 Å². The molecular formula is C13H29NO. The molecule has 2 heteroatoms. The van der Waals surface area contributed by atoms with Crippen LogP contribution in [0.4, 0.5) is 0 Å². The van der Waals surface area contributed by atoms with Gasteiger partial charge in [-0.05, 0) is 18.8 Å². The van der Waals surface area contributed by atoms with E-state index in [1.807, 2.05) is 0 Å². The van der Waals surface area contributed by atoms with Gasteiger partial charge in [-0.15, -0.1) is 0 Å². The Morgan fingerprint density at radius 2 is 1.80 bits per heavy atom. The zero-order chi connectivity index (χ0) is 11.7. The first kappa shape index (κ1) is 14.9. The van der Waals surface area contributed by atoms with Crippen molar-refractivity contribution in [1.29, 1.82) is 0 Å². The summed E-state index contributed by atoms with van der Waals surface area (Å²) in [4.78, 5) is 0. The maximum absolute atomic E-state index is 6.16. The normalized spacial score (nSPS) is 17.4. The van der Waals surface area contributed by atoms with Gasteiger partial charge in [-0.25, -0.2) is 0 Å². The summed E-state index contributed by atoms with van der Waals surface area (Å²) in [7, 11) is 1.76. The topological polar surface area (TPSA) is 35.2 Å². The summed E-state index contributed by atoms with van der Waals surface area (Å²) in [5.74, 6) is 0.782. The van der Waals surface area contributed by atoms with Crippen molar-refractivity contribution in [2.45, 2.75) is 71.4 Å². The molecule has 15 heavy (non-hydrogen) atoms. The smallest absolute Gasteiger partial charge is 0.0719 e. The minimum atomic E-state index is 0.210. The summed E-state index contributed by atoms with van der Waals surface area (Å²) >= 11 is 0. The molecule has 0 bridgehead atoms. The van der Waals surface area contributed by atoms with Gasteiger partial charge in [0.15, 0.2) is 0 Å². The molecule has 0 radical (unpaired) electrons. The van der Waals surface area contributed by atoms with E-state index in [9.17, 15) is 0 Å². The van der Waals surface area contributed by atoms with E-state index in [2.05, 4.69) is 20.8 Å². The van der Waals surface area contributed by atoms with Gasteiger partial charge in [0.25, 0.3) is 0 Å². The van der Waals surface area contributed by atoms with E-state index in [4.69, 9.17) is 10.5 Å². The molecule has 92 valence electrons. The maximum atomic E-state index is 6.16. The fourth-order valence-electron chi connectivity index (χ4n) is 2.16. The third-order valence-electron chi connectivity index (χ3n) is 3.33. The minimum Gasteiger partial charge on any atom is -0.380 e. The summed E-state index contributed by atoms with van der Waals surface area (Å²) in [5, 5.41) is 0. The van der Waals surface area contributed by atoms with E-state index in [0.717, 1.165) is 18.8 Å². The lowest BCUT2D eigenvalue weighted by Crippen LogP contribution is -2.37. The number of hydrogen-bond donors (Lipinski definition) is 1. The summed E-state index contributed by atoms with van der Waals surface area (Å²) in [6, 6.07) is 0.210. The molecule has 0 aromatic carbocycles. The van der Waals surface area contributed by atoms with Crippen LogP contribution >= 0.6 is 0 Å². The number of unbranched alkanes of at least 4 members (excludes halogenated alkanes) is 1. The van der Waals surface area contributed by atoms with Crippen LogP contribution in [0.15, 0.2) is 0 Å². The lowest BCUT2D eigenvalue weighted by Gasteiger charge is -2.25. The molecule has 0 rings (SSSR count). The average molecular weight is 215 g/mol. The molecule has 0 aliphatic carbocycles. The monoisotopic (exact) mass is 215 g/mol. The molecule has 3 atom stereocenters. The highest BCUT2D eigenvalue weighted by atomic mass is 16.5. The van der Waals surface area contributed by atoms with Crippen LogP contribution in [0.25, 0.3) is 0 Å². The van der Waals surface area contributed by atoms with E-state index in [1.54, 1.807) is 7.11 Å². The molecule has 0 fully saturated rings. The fraction of sp³-hybridized carbons (Fsp3) is 1.00. The molecule has 0 aromatic rings. The Labute approximate surface area is 95.6 Å². The van der Waals surface area contributed by atoms with Crippen LogP contribution in [-0.2, 0) is 4.74 Å². The Bertz CT molecular complexity index is 134. The first-order chi connectivity index (χ1) is 7.19. The molecule has 0 saturated heterocycles. The molecule has 0 aromatic heterocycles. The molecule has 2 N–H and O–H groups in total. The Kier molecular flexibility index (Phi) is 9.12. The summed E-state index contributed by atoms with van der Waals surface area (Å²) < 4.78 is 5.39. The molecule has 0 spiro atoms. The van der Waals surface area contributed by atoms with Gasteiger partial charge < -0.3 is 10.5 Å². The van der Waals surface area contributed by atoms with Crippen molar-refractivity contribution in [3.63, 3.8) is 0 Å². The number of methoxy groups -OCH3 is 1. The highest BCUT2D eigenvalue weighted by Gasteiger charge is 2.18. The Morgan fingerprint density at radius 1 is 1.13 bits per heavy atom. The van der Waals surface area contributed by atoms with Crippen molar-refractivity contribution in [2.24, 2.45) is 11.7 Å². The molecule has 3 unspecified atom stereocenters. The van der Waals surface area contributed by atoms with Gasteiger partial charge >= 0.3 is 0 Å². The van der Waals surface area contributed by atoms with E-state index in [0.29, 0.717) is 0 Å². The van der Waals surface area contributed by atoms with Crippen LogP contribution in [0.2, 0.25) is 0 Å². The Morgan fingerprint density at radius 3 is 2.20 bits per heavy atom. The summed E-state index contributed by atoms with van der Waals surface area (Å²) in [6.45, 7) is 6.65. The highest BCUT2D eigenvalue weighted by Crippen LogP contribution is 2.20. The van der Waals surface area contributed by atoms with Crippen LogP contribution in [0.3, 0.4) is 0 Å². The first-order valence-electron chi connectivity index (χ1n) is 6.47. The Balaban J connectivity index is 3.92. The molecule has 0 amide bonds. The number of hydrogen-bond acceptors (Lipinski definition) is 2. The second-order valence-corrected chi connectivity index (χ2v) is 4.50. The molecule has 0 aliphatic heterocycles. The van der Waals surface area contributed by atoms with E-state index in [1.165, 1.54) is 25.7 Å². The fourth-order valence-corrected chi connectivity index (χ4v) is 2.16. The molecule has 0 aliphatic rings. The maximum Gasteiger partial charge on any atom is 0.0719 e. The van der Waals surface area contributed by atoms with Gasteiger partial charge in [0.1, 0.15) is 0 Å². The standard InChI is InChI=1S/C13H29NO/c1-5-8-9-11(6-2)10-12(14)13(7-3)15-4/h11-13H,5-10,14H2,1-4H3. The zero-order valence-electron chi connectivity index (χ0n) is 11.0. The number of rotatable bonds is 9. The summed E-state index contributed by atoms with van der Waals surface area (Å²) in [6.07, 6.45) is 7.54. The molecule has 2 nitrogen and oxygen atoms in total. The van der Waals surface area contributed by atoms with E-state index in [-0.39, 0.29) is 12.1 Å². The predicted molar refractivity (Wildman–Crippen MR) is 67.0 cm³/mol. The van der Waals surface area contributed by atoms with Crippen LogP contribution in [0.1, 0.15) is 59.3 Å². The third-order valence-corrected chi connectivity index (χ3v) is 3.33. The van der Waals surface area contributed by atoms with Crippen molar-refractivity contribution < 1.29 is 4.74 Å². The van der Waals surface area contributed by atoms with Gasteiger partial charge in [0.2, 0.25) is 0 Å². The lowest BCUT2D eigenvalue weighted by molar-refractivity contribution is 0.0686. The van der Waals surface area contributed by atoms with Crippen molar-refractivity contribution in [1.82, 2.24) is 0 Å². The number of ether oxygens (including phenoxy) is 1. The van der Waals surface area contributed by atoms with Gasteiger partial charge in [0.05, 0.1) is 6.10 Å². The second-order valence-electron chi connectivity index (χ2n) is 4.50. The van der Waals surface area contributed by atoms with Gasteiger partial charge in [0, 0.05) is 13.2 Å². The van der Waals surface area contributed by atoms with Crippen LogP contribution in [0.5, 0.6) is 0 Å². The second kappa shape index (κ2) is 9.17. The Hall–Kier alpha value is -0.0800. The van der Waals surface area contributed by atoms with Crippen molar-refractivity contribution in [3.05, 3.63) is 0 Å². The van der Waals surface area contributed by atoms with Crippen LogP contribution < -0.4 is 5.73 Å². The van der Waals surface area contributed by atoms with E-state index >= 15 is 0 Å². The molecule has 0 heterocycles. The highest BCUT2D eigenvalue weighted by molar-refractivity contribution is 4.75. The molecule has 0 saturated carbocycles. The largest absolute Gasteiger partial charge is 0.380 e. The third kappa shape index (κ3) is 6.16.